The highest BCUT2D eigenvalue weighted by Crippen LogP contribution is 2.12. The quantitative estimate of drug-likeness (QED) is 0.831. The highest BCUT2D eigenvalue weighted by Gasteiger charge is 2.22. The van der Waals surface area contributed by atoms with Crippen LogP contribution in [-0.4, -0.2) is 19.5 Å². The second kappa shape index (κ2) is 5.11. The van der Waals surface area contributed by atoms with Crippen molar-refractivity contribution in [1.29, 1.82) is 0 Å². The summed E-state index contributed by atoms with van der Waals surface area (Å²) in [6.45, 7) is 0. The standard InChI is InChI=1S/C11H9FN3O3S/c12-10-4-3-5-11(8-10)13-19(17,18)15(9-16)14-6-1-2-7-14/h1-8,13H. The minimum absolute atomic E-state index is 0.00686. The second-order valence-electron chi connectivity index (χ2n) is 3.51. The second-order valence-corrected chi connectivity index (χ2v) is 5.01. The number of benzene rings is 1. The Morgan fingerprint density at radius 2 is 1.89 bits per heavy atom. The van der Waals surface area contributed by atoms with E-state index in [9.17, 15) is 17.6 Å². The van der Waals surface area contributed by atoms with E-state index in [0.717, 1.165) is 10.7 Å². The van der Waals surface area contributed by atoms with Crippen LogP contribution in [0.4, 0.5) is 10.1 Å². The molecule has 0 unspecified atom stereocenters. The van der Waals surface area contributed by atoms with Gasteiger partial charge < -0.3 is 0 Å². The zero-order chi connectivity index (χ0) is 13.9. The molecule has 99 valence electrons. The summed E-state index contributed by atoms with van der Waals surface area (Å²) in [4.78, 5) is 10.8. The largest absolute Gasteiger partial charge is 0.349 e. The number of aromatic nitrogens is 1. The van der Waals surface area contributed by atoms with Gasteiger partial charge in [0, 0.05) is 12.4 Å². The van der Waals surface area contributed by atoms with E-state index in [2.05, 4.69) is 4.72 Å². The third-order valence-corrected chi connectivity index (χ3v) is 3.39. The Balaban J connectivity index is 2.29. The highest BCUT2D eigenvalue weighted by atomic mass is 32.2. The van der Waals surface area contributed by atoms with Gasteiger partial charge in [0.15, 0.2) is 0 Å². The average Bonchev–Trinajstić information content (AvgIpc) is 2.82. The smallest absolute Gasteiger partial charge is 0.265 e. The predicted octanol–water partition coefficient (Wildman–Crippen LogP) is 0.989. The third-order valence-electron chi connectivity index (χ3n) is 2.18. The maximum absolute atomic E-state index is 13.0. The maximum Gasteiger partial charge on any atom is 0.349 e. The van der Waals surface area contributed by atoms with Gasteiger partial charge in [0.25, 0.3) is 0 Å². The SMILES string of the molecule is O=[C]N(n1cccc1)S(=O)(=O)Nc1cccc(F)c1. The van der Waals surface area contributed by atoms with E-state index in [1.807, 2.05) is 0 Å². The fraction of sp³-hybridized carbons (Fsp3) is 0. The van der Waals surface area contributed by atoms with Gasteiger partial charge in [-0.15, -0.1) is 4.41 Å². The molecule has 0 spiro atoms. The summed E-state index contributed by atoms with van der Waals surface area (Å²) in [7, 11) is -4.21. The number of anilines is 1. The number of amides is 1. The molecule has 0 aliphatic heterocycles. The first kappa shape index (κ1) is 13.1. The van der Waals surface area contributed by atoms with E-state index in [4.69, 9.17) is 0 Å². The van der Waals surface area contributed by atoms with Crippen molar-refractivity contribution in [3.8, 4) is 0 Å². The molecule has 0 aliphatic rings. The average molecular weight is 282 g/mol. The summed E-state index contributed by atoms with van der Waals surface area (Å²) < 4.78 is 40.3. The van der Waals surface area contributed by atoms with E-state index in [1.165, 1.54) is 37.0 Å². The van der Waals surface area contributed by atoms with Crippen LogP contribution < -0.4 is 9.14 Å². The van der Waals surface area contributed by atoms with Crippen LogP contribution in [0.1, 0.15) is 0 Å². The molecule has 1 aromatic carbocycles. The third kappa shape index (κ3) is 2.91. The molecule has 1 amide bonds. The van der Waals surface area contributed by atoms with Gasteiger partial charge in [-0.1, -0.05) is 6.07 Å². The zero-order valence-electron chi connectivity index (χ0n) is 9.52. The van der Waals surface area contributed by atoms with Gasteiger partial charge in [-0.2, -0.15) is 8.42 Å². The van der Waals surface area contributed by atoms with Crippen molar-refractivity contribution in [1.82, 2.24) is 4.68 Å². The first-order valence-corrected chi connectivity index (χ1v) is 6.56. The summed E-state index contributed by atoms with van der Waals surface area (Å²) in [5.41, 5.74) is 0.00686. The van der Waals surface area contributed by atoms with E-state index >= 15 is 0 Å². The molecule has 1 heterocycles. The molecule has 6 nitrogen and oxygen atoms in total. The molecular weight excluding hydrogens is 273 g/mol. The van der Waals surface area contributed by atoms with Crippen LogP contribution in [0.3, 0.4) is 0 Å². The molecule has 0 saturated heterocycles. The van der Waals surface area contributed by atoms with Crippen molar-refractivity contribution >= 4 is 22.3 Å². The molecule has 8 heteroatoms. The summed E-state index contributed by atoms with van der Waals surface area (Å²) in [5, 5.41) is 0. The number of halogens is 1. The number of nitrogens with one attached hydrogen (secondary N) is 1. The summed E-state index contributed by atoms with van der Waals surface area (Å²) in [5.74, 6) is -0.595. The molecule has 0 fully saturated rings. The molecular formula is C11H9FN3O3S. The summed E-state index contributed by atoms with van der Waals surface area (Å²) >= 11 is 0. The summed E-state index contributed by atoms with van der Waals surface area (Å²) in [6, 6.07) is 7.96. The van der Waals surface area contributed by atoms with Gasteiger partial charge in [0.05, 0.1) is 5.69 Å². The van der Waals surface area contributed by atoms with Crippen molar-refractivity contribution in [3.05, 3.63) is 54.6 Å². The molecule has 2 aromatic rings. The topological polar surface area (TPSA) is 71.4 Å². The van der Waals surface area contributed by atoms with Gasteiger partial charge in [0.2, 0.25) is 0 Å². The molecule has 19 heavy (non-hydrogen) atoms. The van der Waals surface area contributed by atoms with Crippen molar-refractivity contribution < 1.29 is 17.6 Å². The van der Waals surface area contributed by atoms with Crippen LogP contribution in [0.5, 0.6) is 0 Å². The van der Waals surface area contributed by atoms with Crippen molar-refractivity contribution in [3.63, 3.8) is 0 Å². The van der Waals surface area contributed by atoms with Gasteiger partial charge >= 0.3 is 16.6 Å². The lowest BCUT2D eigenvalue weighted by molar-refractivity contribution is 0.541. The summed E-state index contributed by atoms with van der Waals surface area (Å²) in [6.07, 6.45) is 4.00. The molecule has 1 N–H and O–H groups in total. The lowest BCUT2D eigenvalue weighted by Gasteiger charge is -2.18. The fourth-order valence-electron chi connectivity index (χ4n) is 1.41. The molecule has 0 atom stereocenters. The minimum atomic E-state index is -4.21. The van der Waals surface area contributed by atoms with E-state index in [0.29, 0.717) is 4.41 Å². The van der Waals surface area contributed by atoms with Crippen molar-refractivity contribution in [2.45, 2.75) is 0 Å². The number of hydrogen-bond donors (Lipinski definition) is 1. The fourth-order valence-corrected chi connectivity index (χ4v) is 2.38. The number of nitrogens with zero attached hydrogens (tertiary/aromatic N) is 2. The first-order valence-electron chi connectivity index (χ1n) is 5.12. The monoisotopic (exact) mass is 282 g/mol. The van der Waals surface area contributed by atoms with Crippen LogP contribution in [0.2, 0.25) is 0 Å². The molecule has 0 aliphatic carbocycles. The maximum atomic E-state index is 13.0. The molecule has 2 rings (SSSR count). The Morgan fingerprint density at radius 3 is 2.47 bits per heavy atom. The van der Waals surface area contributed by atoms with Gasteiger partial charge in [-0.25, -0.2) is 9.07 Å². The van der Waals surface area contributed by atoms with E-state index in [-0.39, 0.29) is 5.69 Å². The first-order chi connectivity index (χ1) is 9.03. The highest BCUT2D eigenvalue weighted by molar-refractivity contribution is 7.94. The van der Waals surface area contributed by atoms with Crippen LogP contribution in [-0.2, 0) is 15.0 Å². The van der Waals surface area contributed by atoms with Crippen molar-refractivity contribution in [2.24, 2.45) is 0 Å². The van der Waals surface area contributed by atoms with E-state index in [1.54, 1.807) is 12.1 Å². The zero-order valence-corrected chi connectivity index (χ0v) is 10.3. The van der Waals surface area contributed by atoms with Crippen molar-refractivity contribution in [2.75, 3.05) is 9.14 Å². The van der Waals surface area contributed by atoms with Crippen LogP contribution in [0.15, 0.2) is 48.8 Å². The molecule has 1 radical (unpaired) electrons. The van der Waals surface area contributed by atoms with E-state index < -0.39 is 16.0 Å². The Bertz CT molecular complexity index is 670. The number of carbonyl (C=O) groups excluding carboxylic acids is 1. The van der Waals surface area contributed by atoms with Crippen LogP contribution >= 0.6 is 0 Å². The van der Waals surface area contributed by atoms with Crippen LogP contribution in [0.25, 0.3) is 0 Å². The Kier molecular flexibility index (Phi) is 3.52. The van der Waals surface area contributed by atoms with Crippen LogP contribution in [0, 0.1) is 5.82 Å². The predicted molar refractivity (Wildman–Crippen MR) is 67.3 cm³/mol. The molecule has 0 saturated carbocycles. The number of rotatable bonds is 5. The molecule has 0 bridgehead atoms. The van der Waals surface area contributed by atoms with Gasteiger partial charge in [-0.3, -0.25) is 9.52 Å². The minimum Gasteiger partial charge on any atom is -0.265 e. The Hall–Kier alpha value is -2.35. The lowest BCUT2D eigenvalue weighted by atomic mass is 10.3. The molecule has 1 aromatic heterocycles. The lowest BCUT2D eigenvalue weighted by Crippen LogP contribution is -2.42. The number of hydrogen-bond acceptors (Lipinski definition) is 3. The Morgan fingerprint density at radius 1 is 1.21 bits per heavy atom. The van der Waals surface area contributed by atoms with Gasteiger partial charge in [-0.05, 0) is 30.3 Å². The normalized spacial score (nSPS) is 11.0. The Labute approximate surface area is 109 Å². The van der Waals surface area contributed by atoms with Gasteiger partial charge in [0.1, 0.15) is 5.82 Å².